The predicted molar refractivity (Wildman–Crippen MR) is 109 cm³/mol. The number of amidine groups is 1. The molecule has 0 radical (unpaired) electrons. The van der Waals surface area contributed by atoms with E-state index in [2.05, 4.69) is 45.2 Å². The van der Waals surface area contributed by atoms with E-state index >= 15 is 0 Å². The van der Waals surface area contributed by atoms with Crippen molar-refractivity contribution in [3.05, 3.63) is 34.2 Å². The van der Waals surface area contributed by atoms with Gasteiger partial charge in [0.25, 0.3) is 0 Å². The highest BCUT2D eigenvalue weighted by molar-refractivity contribution is 9.10. The molecule has 1 unspecified atom stereocenters. The quantitative estimate of drug-likeness (QED) is 0.242. The molecule has 2 aromatic rings. The zero-order valence-corrected chi connectivity index (χ0v) is 17.8. The standard InChI is InChI=1S/C16H21BrFN7O2S/c1-24(2)28-25-6-5-10(9-25)8-19-15-14(22-27-23-15)16(21-26)20-11-3-4-13(18)12(17)7-11/h3-4,7,10,26H,5-6,8-9H2,1-2H3,(H,19,23)(H,20,21). The van der Waals surface area contributed by atoms with Crippen molar-refractivity contribution in [1.29, 1.82) is 0 Å². The summed E-state index contributed by atoms with van der Waals surface area (Å²) in [6, 6.07) is 4.24. The first-order chi connectivity index (χ1) is 13.5. The minimum absolute atomic E-state index is 0.0402. The molecule has 9 nitrogen and oxygen atoms in total. The van der Waals surface area contributed by atoms with Gasteiger partial charge in [0.15, 0.2) is 11.5 Å². The van der Waals surface area contributed by atoms with Crippen LogP contribution < -0.4 is 10.8 Å². The molecule has 3 rings (SSSR count). The van der Waals surface area contributed by atoms with Gasteiger partial charge in [-0.15, -0.1) is 0 Å². The van der Waals surface area contributed by atoms with E-state index in [1.807, 2.05) is 19.6 Å². The second kappa shape index (κ2) is 9.65. The van der Waals surface area contributed by atoms with Crippen molar-refractivity contribution in [2.45, 2.75) is 6.42 Å². The number of benzene rings is 1. The number of nitrogens with one attached hydrogen (secondary N) is 2. The molecule has 1 atom stereocenters. The minimum Gasteiger partial charge on any atom is -0.365 e. The molecule has 0 aliphatic carbocycles. The monoisotopic (exact) mass is 473 g/mol. The van der Waals surface area contributed by atoms with E-state index in [4.69, 9.17) is 4.63 Å². The topological polar surface area (TPSA) is 102 Å². The zero-order valence-electron chi connectivity index (χ0n) is 15.4. The molecule has 1 aromatic heterocycles. The van der Waals surface area contributed by atoms with Crippen molar-refractivity contribution in [3.8, 4) is 0 Å². The van der Waals surface area contributed by atoms with Crippen LogP contribution in [-0.2, 0) is 0 Å². The number of aliphatic imine (C=N–C) groups is 1. The maximum Gasteiger partial charge on any atom is 0.202 e. The molecule has 152 valence electrons. The van der Waals surface area contributed by atoms with E-state index in [1.165, 1.54) is 18.2 Å². The molecule has 0 bridgehead atoms. The third kappa shape index (κ3) is 5.41. The van der Waals surface area contributed by atoms with Crippen LogP contribution in [0.2, 0.25) is 0 Å². The molecule has 0 amide bonds. The molecule has 28 heavy (non-hydrogen) atoms. The predicted octanol–water partition coefficient (Wildman–Crippen LogP) is 2.89. The highest BCUT2D eigenvalue weighted by Crippen LogP contribution is 2.25. The lowest BCUT2D eigenvalue weighted by atomic mass is 10.1. The molecule has 3 N–H and O–H groups in total. The van der Waals surface area contributed by atoms with Crippen LogP contribution in [0.5, 0.6) is 0 Å². The van der Waals surface area contributed by atoms with Gasteiger partial charge in [-0.2, -0.15) is 0 Å². The molecule has 1 fully saturated rings. The molecule has 0 spiro atoms. The molecule has 1 aliphatic rings. The molecule has 12 heteroatoms. The number of anilines is 1. The molecular formula is C16H21BrFN7O2S. The van der Waals surface area contributed by atoms with Crippen molar-refractivity contribution in [2.75, 3.05) is 39.0 Å². The van der Waals surface area contributed by atoms with Gasteiger partial charge >= 0.3 is 0 Å². The summed E-state index contributed by atoms with van der Waals surface area (Å²) in [7, 11) is 4.04. The first-order valence-electron chi connectivity index (χ1n) is 8.57. The van der Waals surface area contributed by atoms with Crippen LogP contribution in [0.1, 0.15) is 12.1 Å². The first kappa shape index (κ1) is 21.0. The summed E-state index contributed by atoms with van der Waals surface area (Å²) < 4.78 is 22.8. The number of hydrogen-bond donors (Lipinski definition) is 3. The van der Waals surface area contributed by atoms with Gasteiger partial charge in [0.1, 0.15) is 5.82 Å². The van der Waals surface area contributed by atoms with Gasteiger partial charge in [-0.1, -0.05) is 0 Å². The summed E-state index contributed by atoms with van der Waals surface area (Å²) in [5.74, 6) is 0.465. The number of nitrogens with zero attached hydrogens (tertiary/aromatic N) is 5. The lowest BCUT2D eigenvalue weighted by Gasteiger charge is -2.18. The molecular weight excluding hydrogens is 453 g/mol. The summed E-state index contributed by atoms with van der Waals surface area (Å²) in [5, 5.41) is 20.4. The Labute approximate surface area is 174 Å². The maximum absolute atomic E-state index is 13.4. The van der Waals surface area contributed by atoms with Gasteiger partial charge in [0.05, 0.1) is 10.2 Å². The SMILES string of the molecule is CN(C)SN1CCC(CNc2nonc2C(=Nc2ccc(F)c(Br)c2)NO)C1. The Kier molecular flexibility index (Phi) is 7.24. The van der Waals surface area contributed by atoms with Crippen LogP contribution in [0.4, 0.5) is 15.9 Å². The summed E-state index contributed by atoms with van der Waals surface area (Å²) in [6.45, 7) is 2.66. The number of hydroxylamine groups is 1. The fourth-order valence-corrected chi connectivity index (χ4v) is 4.08. The largest absolute Gasteiger partial charge is 0.365 e. The average molecular weight is 474 g/mol. The highest BCUT2D eigenvalue weighted by atomic mass is 79.9. The van der Waals surface area contributed by atoms with Crippen molar-refractivity contribution in [2.24, 2.45) is 10.9 Å². The average Bonchev–Trinajstić information content (AvgIpc) is 3.29. The van der Waals surface area contributed by atoms with Crippen LogP contribution in [0.15, 0.2) is 32.3 Å². The summed E-state index contributed by atoms with van der Waals surface area (Å²) in [5.41, 5.74) is 2.66. The zero-order chi connectivity index (χ0) is 20.1. The number of halogens is 2. The molecule has 1 aromatic carbocycles. The van der Waals surface area contributed by atoms with E-state index in [9.17, 15) is 9.60 Å². The van der Waals surface area contributed by atoms with E-state index in [1.54, 1.807) is 12.1 Å². The minimum atomic E-state index is -0.402. The van der Waals surface area contributed by atoms with Crippen molar-refractivity contribution >= 4 is 45.4 Å². The lowest BCUT2D eigenvalue weighted by molar-refractivity contribution is 0.234. The Bertz CT molecular complexity index is 835. The van der Waals surface area contributed by atoms with Crippen LogP contribution in [0.25, 0.3) is 0 Å². The maximum atomic E-state index is 13.4. The van der Waals surface area contributed by atoms with E-state index in [-0.39, 0.29) is 16.0 Å². The fourth-order valence-electron chi connectivity index (χ4n) is 2.78. The van der Waals surface area contributed by atoms with E-state index < -0.39 is 5.82 Å². The fraction of sp³-hybridized carbons (Fsp3) is 0.438. The van der Waals surface area contributed by atoms with Crippen LogP contribution in [-0.4, -0.2) is 63.7 Å². The van der Waals surface area contributed by atoms with Gasteiger partial charge in [-0.05, 0) is 70.9 Å². The molecule has 2 heterocycles. The van der Waals surface area contributed by atoms with Gasteiger partial charge in [-0.3, -0.25) is 10.7 Å². The van der Waals surface area contributed by atoms with E-state index in [0.717, 1.165) is 19.5 Å². The number of hydrogen-bond acceptors (Lipinski definition) is 9. The van der Waals surface area contributed by atoms with Crippen LogP contribution in [0, 0.1) is 11.7 Å². The van der Waals surface area contributed by atoms with Crippen molar-refractivity contribution in [1.82, 2.24) is 24.4 Å². The molecule has 1 aliphatic heterocycles. The highest BCUT2D eigenvalue weighted by Gasteiger charge is 2.25. The normalized spacial score (nSPS) is 18.1. The summed E-state index contributed by atoms with van der Waals surface area (Å²) >= 11 is 4.81. The van der Waals surface area contributed by atoms with Crippen LogP contribution in [0.3, 0.4) is 0 Å². The Balaban J connectivity index is 1.66. The second-order valence-corrected chi connectivity index (χ2v) is 8.71. The van der Waals surface area contributed by atoms with Gasteiger partial charge in [0.2, 0.25) is 5.82 Å². The second-order valence-electron chi connectivity index (χ2n) is 6.45. The Morgan fingerprint density at radius 2 is 2.32 bits per heavy atom. The Morgan fingerprint density at radius 3 is 3.04 bits per heavy atom. The number of aromatic nitrogens is 2. The van der Waals surface area contributed by atoms with Crippen molar-refractivity contribution in [3.63, 3.8) is 0 Å². The molecule has 1 saturated heterocycles. The Morgan fingerprint density at radius 1 is 1.50 bits per heavy atom. The van der Waals surface area contributed by atoms with Gasteiger partial charge in [-0.25, -0.2) is 22.6 Å². The third-order valence-electron chi connectivity index (χ3n) is 4.05. The van der Waals surface area contributed by atoms with Crippen molar-refractivity contribution < 1.29 is 14.2 Å². The first-order valence-corrected chi connectivity index (χ1v) is 10.1. The van der Waals surface area contributed by atoms with E-state index in [0.29, 0.717) is 24.0 Å². The Hall–Kier alpha value is -1.73. The van der Waals surface area contributed by atoms with Crippen LogP contribution >= 0.6 is 28.1 Å². The number of rotatable bonds is 7. The summed E-state index contributed by atoms with van der Waals surface area (Å²) in [4.78, 5) is 4.25. The smallest absolute Gasteiger partial charge is 0.202 e. The molecule has 0 saturated carbocycles. The lowest BCUT2D eigenvalue weighted by Crippen LogP contribution is -2.24. The van der Waals surface area contributed by atoms with Gasteiger partial charge in [0, 0.05) is 31.8 Å². The summed E-state index contributed by atoms with van der Waals surface area (Å²) in [6.07, 6.45) is 1.07. The third-order valence-corrected chi connectivity index (χ3v) is 5.55. The van der Waals surface area contributed by atoms with Gasteiger partial charge < -0.3 is 5.32 Å².